The molecular weight excluding hydrogens is 174 g/mol. The number of rotatable bonds is 1. The Bertz CT molecular complexity index is 525. The van der Waals surface area contributed by atoms with E-state index in [4.69, 9.17) is 0 Å². The Balaban J connectivity index is 2.82. The van der Waals surface area contributed by atoms with Crippen LogP contribution in [0, 0.1) is 6.92 Å². The molecular formula is C12H13NO. The Labute approximate surface area is 82.6 Å². The van der Waals surface area contributed by atoms with Gasteiger partial charge in [-0.3, -0.25) is 4.79 Å². The first-order chi connectivity index (χ1) is 6.70. The van der Waals surface area contributed by atoms with E-state index in [-0.39, 0.29) is 5.56 Å². The van der Waals surface area contributed by atoms with Crippen LogP contribution in [0.3, 0.4) is 0 Å². The molecule has 1 aromatic carbocycles. The SMILES string of the molecule is CCc1ccc2c(C)cc(=O)[nH]c2c1. The van der Waals surface area contributed by atoms with Crippen LogP contribution in [0.4, 0.5) is 0 Å². The van der Waals surface area contributed by atoms with Gasteiger partial charge < -0.3 is 4.98 Å². The summed E-state index contributed by atoms with van der Waals surface area (Å²) in [4.78, 5) is 14.1. The lowest BCUT2D eigenvalue weighted by Gasteiger charge is -2.03. The average molecular weight is 187 g/mol. The molecule has 2 nitrogen and oxygen atoms in total. The van der Waals surface area contributed by atoms with Crippen LogP contribution < -0.4 is 5.56 Å². The van der Waals surface area contributed by atoms with Gasteiger partial charge in [0.15, 0.2) is 0 Å². The highest BCUT2D eigenvalue weighted by molar-refractivity contribution is 5.82. The molecule has 0 saturated heterocycles. The second-order valence-corrected chi connectivity index (χ2v) is 3.55. The van der Waals surface area contributed by atoms with Crippen molar-refractivity contribution in [1.29, 1.82) is 0 Å². The Kier molecular flexibility index (Phi) is 2.12. The van der Waals surface area contributed by atoms with Crippen molar-refractivity contribution >= 4 is 10.9 Å². The van der Waals surface area contributed by atoms with E-state index in [0.29, 0.717) is 0 Å². The van der Waals surface area contributed by atoms with Crippen molar-refractivity contribution in [2.75, 3.05) is 0 Å². The number of H-pyrrole nitrogens is 1. The summed E-state index contributed by atoms with van der Waals surface area (Å²) in [6, 6.07) is 7.85. The minimum absolute atomic E-state index is 0.0248. The van der Waals surface area contributed by atoms with Crippen LogP contribution in [-0.2, 0) is 6.42 Å². The van der Waals surface area contributed by atoms with Crippen LogP contribution in [0.15, 0.2) is 29.1 Å². The summed E-state index contributed by atoms with van der Waals surface area (Å²) in [5, 5.41) is 1.13. The first-order valence-electron chi connectivity index (χ1n) is 4.83. The average Bonchev–Trinajstić information content (AvgIpc) is 2.16. The van der Waals surface area contributed by atoms with Crippen molar-refractivity contribution in [2.24, 2.45) is 0 Å². The standard InChI is InChI=1S/C12H13NO/c1-3-9-4-5-10-8(2)6-12(14)13-11(10)7-9/h4-7H,3H2,1-2H3,(H,13,14). The molecule has 1 N–H and O–H groups in total. The van der Waals surface area contributed by atoms with Gasteiger partial charge in [0.2, 0.25) is 5.56 Å². The third-order valence-corrected chi connectivity index (χ3v) is 2.52. The molecule has 0 aliphatic carbocycles. The van der Waals surface area contributed by atoms with E-state index in [1.165, 1.54) is 5.56 Å². The molecule has 0 unspecified atom stereocenters. The number of benzene rings is 1. The lowest BCUT2D eigenvalue weighted by Crippen LogP contribution is -2.04. The molecule has 0 radical (unpaired) electrons. The van der Waals surface area contributed by atoms with E-state index in [2.05, 4.69) is 24.0 Å². The predicted molar refractivity (Wildman–Crippen MR) is 58.7 cm³/mol. The maximum absolute atomic E-state index is 11.2. The minimum atomic E-state index is -0.0248. The van der Waals surface area contributed by atoms with Gasteiger partial charge >= 0.3 is 0 Å². The van der Waals surface area contributed by atoms with Gasteiger partial charge in [0.05, 0.1) is 0 Å². The summed E-state index contributed by atoms with van der Waals surface area (Å²) in [5.74, 6) is 0. The van der Waals surface area contributed by atoms with Gasteiger partial charge in [-0.1, -0.05) is 19.1 Å². The molecule has 0 aliphatic rings. The molecule has 0 amide bonds. The van der Waals surface area contributed by atoms with Gasteiger partial charge in [-0.2, -0.15) is 0 Å². The number of pyridine rings is 1. The Morgan fingerprint density at radius 3 is 2.79 bits per heavy atom. The van der Waals surface area contributed by atoms with Crippen molar-refractivity contribution in [3.8, 4) is 0 Å². The van der Waals surface area contributed by atoms with Crippen molar-refractivity contribution in [3.05, 3.63) is 45.7 Å². The van der Waals surface area contributed by atoms with Gasteiger partial charge in [0.25, 0.3) is 0 Å². The van der Waals surface area contributed by atoms with Crippen molar-refractivity contribution in [3.63, 3.8) is 0 Å². The van der Waals surface area contributed by atoms with E-state index in [0.717, 1.165) is 22.9 Å². The Morgan fingerprint density at radius 2 is 2.07 bits per heavy atom. The third kappa shape index (κ3) is 1.43. The topological polar surface area (TPSA) is 32.9 Å². The highest BCUT2D eigenvalue weighted by Gasteiger charge is 1.99. The van der Waals surface area contributed by atoms with E-state index in [1.807, 2.05) is 13.0 Å². The molecule has 14 heavy (non-hydrogen) atoms. The zero-order chi connectivity index (χ0) is 10.1. The fourth-order valence-electron chi connectivity index (χ4n) is 1.70. The van der Waals surface area contributed by atoms with E-state index in [1.54, 1.807) is 6.07 Å². The normalized spacial score (nSPS) is 10.7. The van der Waals surface area contributed by atoms with E-state index >= 15 is 0 Å². The first-order valence-corrected chi connectivity index (χ1v) is 4.83. The molecule has 0 atom stereocenters. The zero-order valence-electron chi connectivity index (χ0n) is 8.42. The highest BCUT2D eigenvalue weighted by Crippen LogP contribution is 2.16. The molecule has 0 fully saturated rings. The third-order valence-electron chi connectivity index (χ3n) is 2.52. The lowest BCUT2D eigenvalue weighted by molar-refractivity contribution is 1.14. The Morgan fingerprint density at radius 1 is 1.29 bits per heavy atom. The molecule has 2 rings (SSSR count). The van der Waals surface area contributed by atoms with E-state index < -0.39 is 0 Å². The summed E-state index contributed by atoms with van der Waals surface area (Å²) >= 11 is 0. The van der Waals surface area contributed by atoms with Gasteiger partial charge in [0.1, 0.15) is 0 Å². The van der Waals surface area contributed by atoms with Crippen LogP contribution in [0.2, 0.25) is 0 Å². The van der Waals surface area contributed by atoms with Crippen LogP contribution in [0.25, 0.3) is 10.9 Å². The predicted octanol–water partition coefficient (Wildman–Crippen LogP) is 2.40. The smallest absolute Gasteiger partial charge is 0.248 e. The number of aromatic amines is 1. The van der Waals surface area contributed by atoms with Crippen LogP contribution >= 0.6 is 0 Å². The number of aryl methyl sites for hydroxylation is 2. The van der Waals surface area contributed by atoms with Crippen LogP contribution in [-0.4, -0.2) is 4.98 Å². The molecule has 2 aromatic rings. The Hall–Kier alpha value is -1.57. The van der Waals surface area contributed by atoms with Crippen molar-refractivity contribution in [2.45, 2.75) is 20.3 Å². The molecule has 0 saturated carbocycles. The largest absolute Gasteiger partial charge is 0.322 e. The first kappa shape index (κ1) is 9.00. The highest BCUT2D eigenvalue weighted by atomic mass is 16.1. The molecule has 0 spiro atoms. The summed E-state index contributed by atoms with van der Waals surface area (Å²) in [7, 11) is 0. The van der Waals surface area contributed by atoms with E-state index in [9.17, 15) is 4.79 Å². The van der Waals surface area contributed by atoms with Gasteiger partial charge in [0, 0.05) is 17.0 Å². The maximum atomic E-state index is 11.2. The summed E-state index contributed by atoms with van der Waals surface area (Å²) < 4.78 is 0. The maximum Gasteiger partial charge on any atom is 0.248 e. The zero-order valence-corrected chi connectivity index (χ0v) is 8.42. The molecule has 1 aromatic heterocycles. The molecule has 1 heterocycles. The summed E-state index contributed by atoms with van der Waals surface area (Å²) in [5.41, 5.74) is 3.20. The number of hydrogen-bond acceptors (Lipinski definition) is 1. The number of aromatic nitrogens is 1. The van der Waals surface area contributed by atoms with Gasteiger partial charge in [-0.15, -0.1) is 0 Å². The van der Waals surface area contributed by atoms with Crippen LogP contribution in [0.5, 0.6) is 0 Å². The van der Waals surface area contributed by atoms with Crippen molar-refractivity contribution in [1.82, 2.24) is 4.98 Å². The van der Waals surface area contributed by atoms with Crippen LogP contribution in [0.1, 0.15) is 18.1 Å². The molecule has 0 bridgehead atoms. The molecule has 0 aliphatic heterocycles. The second kappa shape index (κ2) is 3.29. The number of fused-ring (bicyclic) bond motifs is 1. The van der Waals surface area contributed by atoms with Crippen molar-refractivity contribution < 1.29 is 0 Å². The molecule has 2 heteroatoms. The lowest BCUT2D eigenvalue weighted by atomic mass is 10.1. The fraction of sp³-hybridized carbons (Fsp3) is 0.250. The summed E-state index contributed by atoms with van der Waals surface area (Å²) in [6.45, 7) is 4.07. The van der Waals surface area contributed by atoms with Gasteiger partial charge in [-0.25, -0.2) is 0 Å². The quantitative estimate of drug-likeness (QED) is 0.730. The molecule has 72 valence electrons. The number of hydrogen-bond donors (Lipinski definition) is 1. The fourth-order valence-corrected chi connectivity index (χ4v) is 1.70. The second-order valence-electron chi connectivity index (χ2n) is 3.55. The number of nitrogens with one attached hydrogen (secondary N) is 1. The van der Waals surface area contributed by atoms with Gasteiger partial charge in [-0.05, 0) is 30.5 Å². The minimum Gasteiger partial charge on any atom is -0.322 e. The summed E-state index contributed by atoms with van der Waals surface area (Å²) in [6.07, 6.45) is 0.992. The monoisotopic (exact) mass is 187 g/mol.